The summed E-state index contributed by atoms with van der Waals surface area (Å²) < 4.78 is 0. The fraction of sp³-hybridized carbons (Fsp3) is 0.840. The molecule has 1 saturated heterocycles. The number of rotatable bonds is 11. The lowest BCUT2D eigenvalue weighted by atomic mass is 9.82. The van der Waals surface area contributed by atoms with Gasteiger partial charge in [-0.15, -0.1) is 0 Å². The summed E-state index contributed by atoms with van der Waals surface area (Å²) >= 11 is 0. The molecule has 2 saturated carbocycles. The molecule has 0 spiro atoms. The van der Waals surface area contributed by atoms with Gasteiger partial charge in [-0.1, -0.05) is 19.3 Å². The second-order valence-electron chi connectivity index (χ2n) is 10.3. The number of nitrogens with two attached hydrogens (primary N) is 1. The largest absolute Gasteiger partial charge is 0.383 e. The number of piperazine rings is 1. The van der Waals surface area contributed by atoms with Crippen molar-refractivity contribution >= 4 is 17.6 Å². The van der Waals surface area contributed by atoms with Crippen LogP contribution in [0.4, 0.5) is 17.6 Å². The standard InChI is InChI=1S/C25H46N8/c26-23-17-24(33-15-13-27-14-16-33)32-25(31-23)30-19-21-9-7-20(8-10-21)18-28-11-4-12-29-22-5-2-1-3-6-22/h17,20-22,27-29H,1-16,18-19H2,(H3,26,30,31,32)/t20-,21+. The zero-order valence-electron chi connectivity index (χ0n) is 20.5. The molecule has 2 aliphatic carbocycles. The van der Waals surface area contributed by atoms with E-state index in [0.717, 1.165) is 57.0 Å². The van der Waals surface area contributed by atoms with Gasteiger partial charge in [-0.05, 0) is 76.4 Å². The highest BCUT2D eigenvalue weighted by atomic mass is 15.3. The van der Waals surface area contributed by atoms with Crippen LogP contribution in [0.3, 0.4) is 0 Å². The molecule has 1 aromatic rings. The van der Waals surface area contributed by atoms with Gasteiger partial charge in [0.2, 0.25) is 5.95 Å². The van der Waals surface area contributed by atoms with Crippen molar-refractivity contribution in [2.45, 2.75) is 70.3 Å². The molecular formula is C25H46N8. The molecule has 3 aliphatic rings. The quantitative estimate of drug-likeness (QED) is 0.323. The van der Waals surface area contributed by atoms with Gasteiger partial charge in [-0.25, -0.2) is 0 Å². The van der Waals surface area contributed by atoms with Crippen molar-refractivity contribution in [1.29, 1.82) is 0 Å². The highest BCUT2D eigenvalue weighted by molar-refractivity contribution is 5.51. The van der Waals surface area contributed by atoms with Gasteiger partial charge < -0.3 is 31.9 Å². The minimum atomic E-state index is 0.546. The van der Waals surface area contributed by atoms with E-state index in [0.29, 0.717) is 17.7 Å². The fourth-order valence-electron chi connectivity index (χ4n) is 5.60. The molecule has 2 heterocycles. The summed E-state index contributed by atoms with van der Waals surface area (Å²) in [7, 11) is 0. The SMILES string of the molecule is Nc1cc(N2CCNCC2)nc(NC[C@H]2CC[C@@H](CNCCCNC3CCCCC3)CC2)n1. The lowest BCUT2D eigenvalue weighted by Crippen LogP contribution is -2.44. The number of nitrogen functional groups attached to an aromatic ring is 1. The highest BCUT2D eigenvalue weighted by Gasteiger charge is 2.21. The third-order valence-electron chi connectivity index (χ3n) is 7.69. The monoisotopic (exact) mass is 458 g/mol. The van der Waals surface area contributed by atoms with E-state index in [1.165, 1.54) is 77.3 Å². The molecule has 4 rings (SSSR count). The van der Waals surface area contributed by atoms with E-state index in [1.54, 1.807) is 0 Å². The molecule has 0 aromatic carbocycles. The van der Waals surface area contributed by atoms with Gasteiger partial charge in [-0.2, -0.15) is 9.97 Å². The summed E-state index contributed by atoms with van der Waals surface area (Å²) in [5.74, 6) is 3.69. The lowest BCUT2D eigenvalue weighted by Gasteiger charge is -2.30. The summed E-state index contributed by atoms with van der Waals surface area (Å²) in [6.45, 7) is 8.33. The lowest BCUT2D eigenvalue weighted by molar-refractivity contribution is 0.275. The zero-order chi connectivity index (χ0) is 22.7. The Morgan fingerprint density at radius 3 is 2.39 bits per heavy atom. The van der Waals surface area contributed by atoms with E-state index in [1.807, 2.05) is 6.07 Å². The van der Waals surface area contributed by atoms with Gasteiger partial charge in [0.1, 0.15) is 11.6 Å². The molecule has 1 aliphatic heterocycles. The molecule has 8 heteroatoms. The second kappa shape index (κ2) is 13.3. The van der Waals surface area contributed by atoms with Crippen molar-refractivity contribution < 1.29 is 0 Å². The first-order valence-corrected chi connectivity index (χ1v) is 13.5. The first-order chi connectivity index (χ1) is 16.3. The smallest absolute Gasteiger partial charge is 0.226 e. The molecule has 6 N–H and O–H groups in total. The van der Waals surface area contributed by atoms with Crippen LogP contribution < -0.4 is 31.9 Å². The second-order valence-corrected chi connectivity index (χ2v) is 10.3. The predicted octanol–water partition coefficient (Wildman–Crippen LogP) is 2.59. The number of aromatic nitrogens is 2. The van der Waals surface area contributed by atoms with E-state index >= 15 is 0 Å². The summed E-state index contributed by atoms with van der Waals surface area (Å²) in [6, 6.07) is 2.68. The van der Waals surface area contributed by atoms with Crippen LogP contribution in [-0.2, 0) is 0 Å². The number of nitrogens with zero attached hydrogens (tertiary/aromatic N) is 3. The van der Waals surface area contributed by atoms with Crippen molar-refractivity contribution in [3.05, 3.63) is 6.07 Å². The summed E-state index contributed by atoms with van der Waals surface area (Å²) in [4.78, 5) is 11.4. The average molecular weight is 459 g/mol. The molecule has 0 amide bonds. The van der Waals surface area contributed by atoms with Crippen LogP contribution in [0.5, 0.6) is 0 Å². The Morgan fingerprint density at radius 1 is 0.909 bits per heavy atom. The third kappa shape index (κ3) is 8.26. The fourth-order valence-corrected chi connectivity index (χ4v) is 5.60. The van der Waals surface area contributed by atoms with E-state index in [9.17, 15) is 0 Å². The zero-order valence-corrected chi connectivity index (χ0v) is 20.5. The van der Waals surface area contributed by atoms with E-state index in [4.69, 9.17) is 10.7 Å². The van der Waals surface area contributed by atoms with Crippen LogP contribution >= 0.6 is 0 Å². The number of nitrogens with one attached hydrogen (secondary N) is 4. The molecule has 186 valence electrons. The van der Waals surface area contributed by atoms with Crippen LogP contribution in [0.25, 0.3) is 0 Å². The van der Waals surface area contributed by atoms with Crippen molar-refractivity contribution in [3.8, 4) is 0 Å². The maximum Gasteiger partial charge on any atom is 0.226 e. The molecule has 0 bridgehead atoms. The normalized spacial score (nSPS) is 24.7. The topological polar surface area (TPSA) is 103 Å². The summed E-state index contributed by atoms with van der Waals surface area (Å²) in [6.07, 6.45) is 13.5. The van der Waals surface area contributed by atoms with Crippen molar-refractivity contribution in [1.82, 2.24) is 25.9 Å². The average Bonchev–Trinajstić information content (AvgIpc) is 2.86. The Morgan fingerprint density at radius 2 is 1.64 bits per heavy atom. The van der Waals surface area contributed by atoms with Gasteiger partial charge in [0, 0.05) is 44.8 Å². The highest BCUT2D eigenvalue weighted by Crippen LogP contribution is 2.28. The maximum atomic E-state index is 6.06. The number of anilines is 3. The van der Waals surface area contributed by atoms with Crippen molar-refractivity contribution in [3.63, 3.8) is 0 Å². The summed E-state index contributed by atoms with van der Waals surface area (Å²) in [5, 5.41) is 14.3. The molecule has 1 aromatic heterocycles. The Labute approximate surface area is 200 Å². The van der Waals surface area contributed by atoms with Gasteiger partial charge in [0.25, 0.3) is 0 Å². The van der Waals surface area contributed by atoms with Gasteiger partial charge in [-0.3, -0.25) is 0 Å². The van der Waals surface area contributed by atoms with Crippen LogP contribution in [0.1, 0.15) is 64.2 Å². The molecule has 0 unspecified atom stereocenters. The third-order valence-corrected chi connectivity index (χ3v) is 7.69. The minimum Gasteiger partial charge on any atom is -0.383 e. The van der Waals surface area contributed by atoms with E-state index in [-0.39, 0.29) is 0 Å². The van der Waals surface area contributed by atoms with Crippen molar-refractivity contribution in [2.24, 2.45) is 11.8 Å². The maximum absolute atomic E-state index is 6.06. The van der Waals surface area contributed by atoms with Crippen LogP contribution in [0.15, 0.2) is 6.07 Å². The Balaban J connectivity index is 1.07. The van der Waals surface area contributed by atoms with Crippen LogP contribution in [0, 0.1) is 11.8 Å². The first-order valence-electron chi connectivity index (χ1n) is 13.5. The predicted molar refractivity (Wildman–Crippen MR) is 138 cm³/mol. The molecule has 8 nitrogen and oxygen atoms in total. The van der Waals surface area contributed by atoms with Crippen LogP contribution in [0.2, 0.25) is 0 Å². The molecule has 33 heavy (non-hydrogen) atoms. The van der Waals surface area contributed by atoms with E-state index in [2.05, 4.69) is 31.2 Å². The molecule has 0 radical (unpaired) electrons. The van der Waals surface area contributed by atoms with Crippen molar-refractivity contribution in [2.75, 3.05) is 68.3 Å². The minimum absolute atomic E-state index is 0.546. The van der Waals surface area contributed by atoms with Gasteiger partial charge in [0.05, 0.1) is 0 Å². The molecule has 0 atom stereocenters. The number of hydrogen-bond donors (Lipinski definition) is 5. The van der Waals surface area contributed by atoms with E-state index < -0.39 is 0 Å². The Kier molecular flexibility index (Phi) is 9.87. The van der Waals surface area contributed by atoms with Gasteiger partial charge >= 0.3 is 0 Å². The summed E-state index contributed by atoms with van der Waals surface area (Å²) in [5.41, 5.74) is 6.06. The number of hydrogen-bond acceptors (Lipinski definition) is 8. The Bertz CT molecular complexity index is 679. The Hall–Kier alpha value is -1.64. The van der Waals surface area contributed by atoms with Crippen LogP contribution in [-0.4, -0.2) is 68.4 Å². The molecular weight excluding hydrogens is 412 g/mol. The molecule has 3 fully saturated rings. The van der Waals surface area contributed by atoms with Gasteiger partial charge in [0.15, 0.2) is 0 Å². The first kappa shape index (κ1) is 24.5.